The third kappa shape index (κ3) is 2.14. The van der Waals surface area contributed by atoms with Gasteiger partial charge in [-0.2, -0.15) is 4.98 Å². The van der Waals surface area contributed by atoms with Gasteiger partial charge in [-0.05, 0) is 25.1 Å². The summed E-state index contributed by atoms with van der Waals surface area (Å²) in [5.74, 6) is 0. The minimum absolute atomic E-state index is 0.502. The van der Waals surface area contributed by atoms with Crippen LogP contribution in [0.5, 0.6) is 0 Å². The molecule has 3 rings (SSSR count). The van der Waals surface area contributed by atoms with E-state index in [9.17, 15) is 0 Å². The average Bonchev–Trinajstić information content (AvgIpc) is 2.92. The number of nitrogens with zero attached hydrogens (tertiary/aromatic N) is 2. The number of oxazole rings is 1. The van der Waals surface area contributed by atoms with Crippen molar-refractivity contribution in [2.45, 2.75) is 13.5 Å². The number of thiazole rings is 1. The summed E-state index contributed by atoms with van der Waals surface area (Å²) < 4.78 is 5.56. The zero-order valence-corrected chi connectivity index (χ0v) is 10.6. The molecule has 0 aliphatic heterocycles. The van der Waals surface area contributed by atoms with Crippen LogP contribution in [-0.2, 0) is 6.54 Å². The molecule has 0 spiro atoms. The van der Waals surface area contributed by atoms with Crippen molar-refractivity contribution < 1.29 is 4.42 Å². The Morgan fingerprint density at radius 3 is 3.11 bits per heavy atom. The zero-order chi connectivity index (χ0) is 12.5. The van der Waals surface area contributed by atoms with E-state index in [4.69, 9.17) is 10.2 Å². The lowest BCUT2D eigenvalue weighted by Gasteiger charge is -1.96. The summed E-state index contributed by atoms with van der Waals surface area (Å²) in [7, 11) is 0. The molecule has 0 radical (unpaired) electrons. The SMILES string of the molecule is Cc1ncc(CNc2nc3cc(N)ccc3o2)s1. The number of hydrogen-bond donors (Lipinski definition) is 2. The van der Waals surface area contributed by atoms with E-state index in [1.54, 1.807) is 23.5 Å². The Labute approximate surface area is 108 Å². The van der Waals surface area contributed by atoms with Gasteiger partial charge in [0.1, 0.15) is 5.52 Å². The smallest absolute Gasteiger partial charge is 0.295 e. The molecule has 0 fully saturated rings. The number of aromatic nitrogens is 2. The monoisotopic (exact) mass is 260 g/mol. The van der Waals surface area contributed by atoms with E-state index in [0.29, 0.717) is 18.2 Å². The lowest BCUT2D eigenvalue weighted by atomic mass is 10.3. The molecule has 0 saturated carbocycles. The molecule has 5 nitrogen and oxygen atoms in total. The van der Waals surface area contributed by atoms with Gasteiger partial charge in [-0.15, -0.1) is 11.3 Å². The van der Waals surface area contributed by atoms with Crippen molar-refractivity contribution in [3.8, 4) is 0 Å². The molecule has 0 atom stereocenters. The first-order valence-corrected chi connectivity index (χ1v) is 6.33. The predicted molar refractivity (Wildman–Crippen MR) is 72.6 cm³/mol. The summed E-state index contributed by atoms with van der Waals surface area (Å²) in [6.45, 7) is 2.64. The van der Waals surface area contributed by atoms with Gasteiger partial charge in [0.2, 0.25) is 0 Å². The number of nitrogen functional groups attached to an aromatic ring is 1. The van der Waals surface area contributed by atoms with Crippen molar-refractivity contribution in [3.05, 3.63) is 34.3 Å². The molecule has 0 saturated heterocycles. The summed E-state index contributed by atoms with van der Waals surface area (Å²) >= 11 is 1.65. The van der Waals surface area contributed by atoms with Crippen LogP contribution in [0.4, 0.5) is 11.7 Å². The molecule has 92 valence electrons. The molecule has 3 N–H and O–H groups in total. The third-order valence-corrected chi connectivity index (χ3v) is 3.41. The standard InChI is InChI=1S/C12H12N4OS/c1-7-14-5-9(18-7)6-15-12-16-10-4-8(13)2-3-11(10)17-12/h2-5H,6,13H2,1H3,(H,15,16). The number of nitrogens with one attached hydrogen (secondary N) is 1. The molecule has 6 heteroatoms. The fourth-order valence-corrected chi connectivity index (χ4v) is 2.40. The quantitative estimate of drug-likeness (QED) is 0.708. The van der Waals surface area contributed by atoms with Crippen LogP contribution in [0.3, 0.4) is 0 Å². The Morgan fingerprint density at radius 2 is 2.33 bits per heavy atom. The average molecular weight is 260 g/mol. The van der Waals surface area contributed by atoms with Gasteiger partial charge in [0.05, 0.1) is 11.6 Å². The molecule has 1 aromatic carbocycles. The van der Waals surface area contributed by atoms with Gasteiger partial charge in [-0.3, -0.25) is 0 Å². The van der Waals surface area contributed by atoms with E-state index in [2.05, 4.69) is 15.3 Å². The lowest BCUT2D eigenvalue weighted by Crippen LogP contribution is -1.96. The summed E-state index contributed by atoms with van der Waals surface area (Å²) in [6, 6.07) is 5.91. The van der Waals surface area contributed by atoms with Crippen molar-refractivity contribution in [2.75, 3.05) is 11.1 Å². The number of rotatable bonds is 3. The molecule has 2 heterocycles. The summed E-state index contributed by atoms with van der Waals surface area (Å²) in [4.78, 5) is 9.66. The first-order valence-electron chi connectivity index (χ1n) is 5.52. The van der Waals surface area contributed by atoms with Crippen LogP contribution >= 0.6 is 11.3 Å². The van der Waals surface area contributed by atoms with E-state index in [-0.39, 0.29) is 0 Å². The Kier molecular flexibility index (Phi) is 2.64. The minimum atomic E-state index is 0.502. The zero-order valence-electron chi connectivity index (χ0n) is 9.80. The summed E-state index contributed by atoms with van der Waals surface area (Å²) in [5, 5.41) is 4.19. The first kappa shape index (κ1) is 11.0. The van der Waals surface area contributed by atoms with E-state index in [1.807, 2.05) is 19.2 Å². The van der Waals surface area contributed by atoms with Crippen molar-refractivity contribution in [1.29, 1.82) is 0 Å². The van der Waals surface area contributed by atoms with Crippen LogP contribution in [0, 0.1) is 6.92 Å². The maximum atomic E-state index is 5.69. The van der Waals surface area contributed by atoms with Crippen molar-refractivity contribution >= 4 is 34.1 Å². The molecule has 0 amide bonds. The van der Waals surface area contributed by atoms with Crippen LogP contribution < -0.4 is 11.1 Å². The van der Waals surface area contributed by atoms with Crippen molar-refractivity contribution in [2.24, 2.45) is 0 Å². The maximum absolute atomic E-state index is 5.69. The van der Waals surface area contributed by atoms with Crippen molar-refractivity contribution in [1.82, 2.24) is 9.97 Å². The predicted octanol–water partition coefficient (Wildman–Crippen LogP) is 2.79. The Balaban J connectivity index is 1.78. The van der Waals surface area contributed by atoms with E-state index >= 15 is 0 Å². The van der Waals surface area contributed by atoms with Gasteiger partial charge < -0.3 is 15.5 Å². The summed E-state index contributed by atoms with van der Waals surface area (Å²) in [6.07, 6.45) is 1.85. The van der Waals surface area contributed by atoms with Gasteiger partial charge in [0.15, 0.2) is 5.58 Å². The number of hydrogen-bond acceptors (Lipinski definition) is 6. The highest BCUT2D eigenvalue weighted by atomic mass is 32.1. The van der Waals surface area contributed by atoms with E-state index < -0.39 is 0 Å². The van der Waals surface area contributed by atoms with Crippen molar-refractivity contribution in [3.63, 3.8) is 0 Å². The highest BCUT2D eigenvalue weighted by Gasteiger charge is 2.06. The van der Waals surface area contributed by atoms with Crippen LogP contribution in [0.15, 0.2) is 28.8 Å². The van der Waals surface area contributed by atoms with Crippen LogP contribution in [-0.4, -0.2) is 9.97 Å². The lowest BCUT2D eigenvalue weighted by molar-refractivity contribution is 0.615. The van der Waals surface area contributed by atoms with E-state index in [0.717, 1.165) is 21.0 Å². The topological polar surface area (TPSA) is 77.0 Å². The fraction of sp³-hybridized carbons (Fsp3) is 0.167. The number of nitrogens with two attached hydrogens (primary N) is 1. The number of benzene rings is 1. The maximum Gasteiger partial charge on any atom is 0.295 e. The molecule has 18 heavy (non-hydrogen) atoms. The van der Waals surface area contributed by atoms with Gasteiger partial charge in [-0.1, -0.05) is 0 Å². The van der Waals surface area contributed by atoms with Crippen LogP contribution in [0.2, 0.25) is 0 Å². The molecule has 0 bridgehead atoms. The normalized spacial score (nSPS) is 10.9. The second-order valence-electron chi connectivity index (χ2n) is 3.95. The minimum Gasteiger partial charge on any atom is -0.424 e. The van der Waals surface area contributed by atoms with Crippen LogP contribution in [0.25, 0.3) is 11.1 Å². The highest BCUT2D eigenvalue weighted by Crippen LogP contribution is 2.22. The molecule has 0 unspecified atom stereocenters. The molecule has 0 aliphatic rings. The Hall–Kier alpha value is -2.08. The second kappa shape index (κ2) is 4.30. The molecule has 3 aromatic rings. The van der Waals surface area contributed by atoms with Gasteiger partial charge in [-0.25, -0.2) is 4.98 Å². The number of fused-ring (bicyclic) bond motifs is 1. The van der Waals surface area contributed by atoms with Gasteiger partial charge in [0.25, 0.3) is 6.01 Å². The molecular weight excluding hydrogens is 248 g/mol. The van der Waals surface area contributed by atoms with Gasteiger partial charge in [0, 0.05) is 16.8 Å². The third-order valence-electron chi connectivity index (χ3n) is 2.49. The molecule has 0 aliphatic carbocycles. The second-order valence-corrected chi connectivity index (χ2v) is 5.26. The Bertz CT molecular complexity index is 688. The number of anilines is 2. The fourth-order valence-electron chi connectivity index (χ4n) is 1.67. The van der Waals surface area contributed by atoms with E-state index in [1.165, 1.54) is 0 Å². The first-order chi connectivity index (χ1) is 8.70. The van der Waals surface area contributed by atoms with Crippen LogP contribution in [0.1, 0.15) is 9.88 Å². The molecular formula is C12H12N4OS. The van der Waals surface area contributed by atoms with Gasteiger partial charge >= 0.3 is 0 Å². The summed E-state index contributed by atoms with van der Waals surface area (Å²) in [5.41, 5.74) is 7.86. The number of aryl methyl sites for hydroxylation is 1. The molecule has 2 aromatic heterocycles. The Morgan fingerprint density at radius 1 is 1.44 bits per heavy atom. The highest BCUT2D eigenvalue weighted by molar-refractivity contribution is 7.11. The largest absolute Gasteiger partial charge is 0.424 e.